The van der Waals surface area contributed by atoms with Crippen molar-refractivity contribution in [2.45, 2.75) is 18.4 Å². The number of benzene rings is 2. The molecule has 0 aliphatic heterocycles. The quantitative estimate of drug-likeness (QED) is 0.876. The van der Waals surface area contributed by atoms with Crippen LogP contribution in [0.3, 0.4) is 0 Å². The molecule has 1 fully saturated rings. The number of rotatable bonds is 5. The number of amides is 2. The average molecular weight is 337 g/mol. The first-order valence-corrected chi connectivity index (χ1v) is 7.92. The van der Waals surface area contributed by atoms with Gasteiger partial charge in [0.1, 0.15) is 6.07 Å². The maximum absolute atomic E-state index is 12.4. The van der Waals surface area contributed by atoms with Gasteiger partial charge in [-0.1, -0.05) is 18.2 Å². The minimum Gasteiger partial charge on any atom is -0.493 e. The zero-order valence-electron chi connectivity index (χ0n) is 14.1. The number of ether oxygens (including phenoxy) is 2. The van der Waals surface area contributed by atoms with Gasteiger partial charge in [-0.2, -0.15) is 5.26 Å². The molecule has 2 N–H and O–H groups in total. The molecular formula is C19H19N3O3. The number of para-hydroxylation sites is 1. The Labute approximate surface area is 146 Å². The highest BCUT2D eigenvalue weighted by molar-refractivity contribution is 5.91. The van der Waals surface area contributed by atoms with Crippen LogP contribution in [0, 0.1) is 11.3 Å². The van der Waals surface area contributed by atoms with Gasteiger partial charge in [0.2, 0.25) is 0 Å². The number of methoxy groups -OCH3 is 2. The van der Waals surface area contributed by atoms with Crippen molar-refractivity contribution in [3.63, 3.8) is 0 Å². The molecule has 6 heteroatoms. The third kappa shape index (κ3) is 3.36. The lowest BCUT2D eigenvalue weighted by Crippen LogP contribution is -2.38. The van der Waals surface area contributed by atoms with E-state index in [0.29, 0.717) is 22.7 Å². The maximum atomic E-state index is 12.4. The Bertz CT molecular complexity index is 838. The Morgan fingerprint density at radius 3 is 2.48 bits per heavy atom. The minimum absolute atomic E-state index is 0.338. The third-order valence-electron chi connectivity index (χ3n) is 4.33. The van der Waals surface area contributed by atoms with Crippen LogP contribution in [0.5, 0.6) is 11.5 Å². The minimum atomic E-state index is -0.411. The summed E-state index contributed by atoms with van der Waals surface area (Å²) in [5, 5.41) is 14.9. The van der Waals surface area contributed by atoms with Crippen LogP contribution in [0.4, 0.5) is 10.5 Å². The van der Waals surface area contributed by atoms with Gasteiger partial charge in [0, 0.05) is 0 Å². The second-order valence-electron chi connectivity index (χ2n) is 5.89. The fraction of sp³-hybridized carbons (Fsp3) is 0.263. The molecule has 25 heavy (non-hydrogen) atoms. The van der Waals surface area contributed by atoms with Gasteiger partial charge in [0.25, 0.3) is 0 Å². The molecule has 1 saturated carbocycles. The fourth-order valence-electron chi connectivity index (χ4n) is 2.81. The number of anilines is 1. The lowest BCUT2D eigenvalue weighted by molar-refractivity contribution is 0.247. The van der Waals surface area contributed by atoms with Crippen LogP contribution < -0.4 is 20.1 Å². The normalized spacial score (nSPS) is 14.1. The molecule has 2 aromatic carbocycles. The summed E-state index contributed by atoms with van der Waals surface area (Å²) in [5.41, 5.74) is 1.47. The van der Waals surface area contributed by atoms with Gasteiger partial charge in [0.15, 0.2) is 11.5 Å². The van der Waals surface area contributed by atoms with Crippen molar-refractivity contribution in [2.75, 3.05) is 19.5 Å². The Morgan fingerprint density at radius 1 is 1.12 bits per heavy atom. The number of nitrogens with zero attached hydrogens (tertiary/aromatic N) is 1. The first kappa shape index (κ1) is 16.7. The van der Waals surface area contributed by atoms with Crippen molar-refractivity contribution >= 4 is 11.7 Å². The van der Waals surface area contributed by atoms with E-state index in [4.69, 9.17) is 14.7 Å². The van der Waals surface area contributed by atoms with E-state index in [9.17, 15) is 4.79 Å². The molecule has 0 radical (unpaired) electrons. The molecule has 6 nitrogen and oxygen atoms in total. The van der Waals surface area contributed by atoms with Gasteiger partial charge in [-0.25, -0.2) is 4.79 Å². The Balaban J connectivity index is 1.76. The van der Waals surface area contributed by atoms with E-state index >= 15 is 0 Å². The fourth-order valence-corrected chi connectivity index (χ4v) is 2.81. The highest BCUT2D eigenvalue weighted by Gasteiger charge is 2.46. The number of carbonyl (C=O) groups is 1. The first-order chi connectivity index (χ1) is 12.1. The number of hydrogen-bond acceptors (Lipinski definition) is 4. The van der Waals surface area contributed by atoms with Gasteiger partial charge < -0.3 is 20.1 Å². The van der Waals surface area contributed by atoms with Gasteiger partial charge in [-0.15, -0.1) is 0 Å². The summed E-state index contributed by atoms with van der Waals surface area (Å²) in [5.74, 6) is 1.28. The molecule has 1 aliphatic carbocycles. The highest BCUT2D eigenvalue weighted by atomic mass is 16.5. The lowest BCUT2D eigenvalue weighted by Gasteiger charge is -2.20. The summed E-state index contributed by atoms with van der Waals surface area (Å²) >= 11 is 0. The summed E-state index contributed by atoms with van der Waals surface area (Å²) in [7, 11) is 3.17. The van der Waals surface area contributed by atoms with Crippen LogP contribution in [0.15, 0.2) is 42.5 Å². The molecule has 0 atom stereocenters. The van der Waals surface area contributed by atoms with Crippen LogP contribution >= 0.6 is 0 Å². The van der Waals surface area contributed by atoms with E-state index in [2.05, 4.69) is 16.7 Å². The summed E-state index contributed by atoms with van der Waals surface area (Å²) in [6.07, 6.45) is 1.69. The van der Waals surface area contributed by atoms with Crippen molar-refractivity contribution in [2.24, 2.45) is 0 Å². The molecule has 0 aromatic heterocycles. The van der Waals surface area contributed by atoms with Crippen molar-refractivity contribution in [3.05, 3.63) is 53.6 Å². The molecule has 0 bridgehead atoms. The predicted molar refractivity (Wildman–Crippen MR) is 93.8 cm³/mol. The number of urea groups is 1. The maximum Gasteiger partial charge on any atom is 0.319 e. The third-order valence-corrected chi connectivity index (χ3v) is 4.33. The van der Waals surface area contributed by atoms with Crippen LogP contribution in [0.25, 0.3) is 0 Å². The van der Waals surface area contributed by atoms with Crippen LogP contribution in [0.1, 0.15) is 24.0 Å². The largest absolute Gasteiger partial charge is 0.493 e. The van der Waals surface area contributed by atoms with E-state index in [1.54, 1.807) is 38.5 Å². The van der Waals surface area contributed by atoms with E-state index in [-0.39, 0.29) is 6.03 Å². The van der Waals surface area contributed by atoms with Gasteiger partial charge in [0.05, 0.1) is 31.0 Å². The smallest absolute Gasteiger partial charge is 0.319 e. The summed E-state index contributed by atoms with van der Waals surface area (Å²) in [6, 6.07) is 14.3. The zero-order chi connectivity index (χ0) is 17.9. The number of nitriles is 1. The van der Waals surface area contributed by atoms with Crippen molar-refractivity contribution in [1.82, 2.24) is 5.32 Å². The molecular weight excluding hydrogens is 318 g/mol. The van der Waals surface area contributed by atoms with Gasteiger partial charge in [-0.05, 0) is 42.7 Å². The Hall–Kier alpha value is -3.20. The van der Waals surface area contributed by atoms with Crippen molar-refractivity contribution in [3.8, 4) is 17.6 Å². The highest BCUT2D eigenvalue weighted by Crippen LogP contribution is 2.47. The molecule has 0 heterocycles. The number of carbonyl (C=O) groups excluding carboxylic acids is 1. The molecule has 128 valence electrons. The van der Waals surface area contributed by atoms with Gasteiger partial charge in [-0.3, -0.25) is 0 Å². The second kappa shape index (κ2) is 6.73. The van der Waals surface area contributed by atoms with E-state index in [1.807, 2.05) is 18.2 Å². The van der Waals surface area contributed by atoms with Crippen LogP contribution in [-0.2, 0) is 5.54 Å². The zero-order valence-corrected chi connectivity index (χ0v) is 14.1. The Kier molecular flexibility index (Phi) is 4.48. The Morgan fingerprint density at radius 2 is 1.84 bits per heavy atom. The second-order valence-corrected chi connectivity index (χ2v) is 5.89. The number of hydrogen-bond donors (Lipinski definition) is 2. The summed E-state index contributed by atoms with van der Waals surface area (Å²) in [4.78, 5) is 12.4. The first-order valence-electron chi connectivity index (χ1n) is 7.92. The average Bonchev–Trinajstić information content (AvgIpc) is 3.42. The molecule has 0 spiro atoms. The molecule has 2 amide bonds. The van der Waals surface area contributed by atoms with Gasteiger partial charge >= 0.3 is 6.03 Å². The molecule has 0 unspecified atom stereocenters. The summed E-state index contributed by atoms with van der Waals surface area (Å²) in [6.45, 7) is 0. The van der Waals surface area contributed by atoms with E-state index in [1.165, 1.54) is 0 Å². The topological polar surface area (TPSA) is 83.4 Å². The lowest BCUT2D eigenvalue weighted by atomic mass is 10.0. The van der Waals surface area contributed by atoms with Crippen LogP contribution in [0.2, 0.25) is 0 Å². The summed E-state index contributed by atoms with van der Waals surface area (Å²) < 4.78 is 10.6. The van der Waals surface area contributed by atoms with E-state index < -0.39 is 5.54 Å². The predicted octanol–water partition coefficient (Wildman–Crippen LogP) is 3.39. The monoisotopic (exact) mass is 337 g/mol. The molecule has 3 rings (SSSR count). The molecule has 1 aliphatic rings. The molecule has 0 saturated heterocycles. The standard InChI is InChI=1S/C19H19N3O3/c1-24-16-8-7-14(11-17(16)25-2)19(9-10-19)22-18(23)21-15-6-4-3-5-13(15)12-20/h3-8,11H,9-10H2,1-2H3,(H2,21,22,23). The van der Waals surface area contributed by atoms with Crippen LogP contribution in [-0.4, -0.2) is 20.3 Å². The SMILES string of the molecule is COc1ccc(C2(NC(=O)Nc3ccccc3C#N)CC2)cc1OC. The van der Waals surface area contributed by atoms with Crippen molar-refractivity contribution in [1.29, 1.82) is 5.26 Å². The number of nitrogens with one attached hydrogen (secondary N) is 2. The van der Waals surface area contributed by atoms with E-state index in [0.717, 1.165) is 18.4 Å². The molecule has 2 aromatic rings. The van der Waals surface area contributed by atoms with Crippen molar-refractivity contribution < 1.29 is 14.3 Å².